The van der Waals surface area contributed by atoms with E-state index < -0.39 is 6.10 Å². The summed E-state index contributed by atoms with van der Waals surface area (Å²) in [6.07, 6.45) is -0.697. The molecule has 0 fully saturated rings. The van der Waals surface area contributed by atoms with Crippen LogP contribution in [0.5, 0.6) is 0 Å². The van der Waals surface area contributed by atoms with Gasteiger partial charge in [-0.3, -0.25) is 0 Å². The SMILES string of the molecule is OC(CNc1cc(F)ccc1Cl)c1cccc(Br)c1. The summed E-state index contributed by atoms with van der Waals surface area (Å²) in [5, 5.41) is 13.4. The van der Waals surface area contributed by atoms with Crippen LogP contribution in [-0.4, -0.2) is 11.7 Å². The van der Waals surface area contributed by atoms with Gasteiger partial charge in [-0.1, -0.05) is 39.7 Å². The van der Waals surface area contributed by atoms with E-state index in [2.05, 4.69) is 21.2 Å². The molecule has 0 aromatic heterocycles. The van der Waals surface area contributed by atoms with Crippen molar-refractivity contribution in [3.8, 4) is 0 Å². The number of benzene rings is 2. The Morgan fingerprint density at radius 1 is 1.26 bits per heavy atom. The van der Waals surface area contributed by atoms with Crippen molar-refractivity contribution >= 4 is 33.2 Å². The van der Waals surface area contributed by atoms with E-state index in [1.807, 2.05) is 24.3 Å². The van der Waals surface area contributed by atoms with Crippen molar-refractivity contribution in [2.45, 2.75) is 6.10 Å². The third-order valence-electron chi connectivity index (χ3n) is 2.65. The number of nitrogens with one attached hydrogen (secondary N) is 1. The van der Waals surface area contributed by atoms with Gasteiger partial charge in [0.1, 0.15) is 5.82 Å². The molecule has 2 rings (SSSR count). The topological polar surface area (TPSA) is 32.3 Å². The Morgan fingerprint density at radius 2 is 2.05 bits per heavy atom. The molecule has 0 spiro atoms. The number of halogens is 3. The third kappa shape index (κ3) is 3.93. The summed E-state index contributed by atoms with van der Waals surface area (Å²) in [6.45, 7) is 0.250. The van der Waals surface area contributed by atoms with Gasteiger partial charge in [0.05, 0.1) is 16.8 Å². The molecule has 0 bridgehead atoms. The minimum atomic E-state index is -0.697. The first kappa shape index (κ1) is 14.3. The van der Waals surface area contributed by atoms with Gasteiger partial charge in [-0.25, -0.2) is 4.39 Å². The maximum atomic E-state index is 13.1. The second-order valence-electron chi connectivity index (χ2n) is 4.08. The number of aliphatic hydroxyl groups is 1. The van der Waals surface area contributed by atoms with Crippen molar-refractivity contribution in [1.29, 1.82) is 0 Å². The monoisotopic (exact) mass is 343 g/mol. The highest BCUT2D eigenvalue weighted by Gasteiger charge is 2.09. The smallest absolute Gasteiger partial charge is 0.125 e. The van der Waals surface area contributed by atoms with Gasteiger partial charge in [0.2, 0.25) is 0 Å². The van der Waals surface area contributed by atoms with Crippen LogP contribution in [0.2, 0.25) is 5.02 Å². The molecule has 0 amide bonds. The first-order chi connectivity index (χ1) is 9.06. The maximum absolute atomic E-state index is 13.1. The highest BCUT2D eigenvalue weighted by atomic mass is 79.9. The van der Waals surface area contributed by atoms with Gasteiger partial charge < -0.3 is 10.4 Å². The normalized spacial score (nSPS) is 12.2. The van der Waals surface area contributed by atoms with Gasteiger partial charge in [0.15, 0.2) is 0 Å². The zero-order valence-electron chi connectivity index (χ0n) is 9.91. The lowest BCUT2D eigenvalue weighted by Crippen LogP contribution is -2.12. The van der Waals surface area contributed by atoms with Crippen molar-refractivity contribution < 1.29 is 9.50 Å². The predicted molar refractivity (Wildman–Crippen MR) is 79.0 cm³/mol. The molecule has 19 heavy (non-hydrogen) atoms. The van der Waals surface area contributed by atoms with Crippen molar-refractivity contribution in [1.82, 2.24) is 0 Å². The molecule has 0 saturated heterocycles. The standard InChI is InChI=1S/C14H12BrClFNO/c15-10-3-1-2-9(6-10)14(19)8-18-13-7-11(17)4-5-12(13)16/h1-7,14,18-19H,8H2. The van der Waals surface area contributed by atoms with E-state index in [4.69, 9.17) is 11.6 Å². The second kappa shape index (κ2) is 6.37. The van der Waals surface area contributed by atoms with Crippen molar-refractivity contribution in [3.05, 3.63) is 63.3 Å². The van der Waals surface area contributed by atoms with Gasteiger partial charge in [0.25, 0.3) is 0 Å². The van der Waals surface area contributed by atoms with Crippen LogP contribution in [-0.2, 0) is 0 Å². The lowest BCUT2D eigenvalue weighted by Gasteiger charge is -2.14. The zero-order valence-corrected chi connectivity index (χ0v) is 12.2. The molecule has 0 saturated carbocycles. The summed E-state index contributed by atoms with van der Waals surface area (Å²) in [7, 11) is 0. The fourth-order valence-electron chi connectivity index (χ4n) is 1.67. The molecule has 2 aromatic carbocycles. The minimum absolute atomic E-state index is 0.250. The molecule has 2 nitrogen and oxygen atoms in total. The highest BCUT2D eigenvalue weighted by Crippen LogP contribution is 2.24. The van der Waals surface area contributed by atoms with Crippen LogP contribution in [0, 0.1) is 5.82 Å². The summed E-state index contributed by atoms with van der Waals surface area (Å²) in [6, 6.07) is 11.5. The van der Waals surface area contributed by atoms with Crippen LogP contribution in [0.3, 0.4) is 0 Å². The van der Waals surface area contributed by atoms with Crippen LogP contribution in [0.4, 0.5) is 10.1 Å². The summed E-state index contributed by atoms with van der Waals surface area (Å²) in [5.74, 6) is -0.371. The first-order valence-corrected chi connectivity index (χ1v) is 6.86. The molecule has 2 N–H and O–H groups in total. The Balaban J connectivity index is 2.04. The molecule has 100 valence electrons. The lowest BCUT2D eigenvalue weighted by molar-refractivity contribution is 0.191. The predicted octanol–water partition coefficient (Wildman–Crippen LogP) is 4.39. The second-order valence-corrected chi connectivity index (χ2v) is 5.40. The molecule has 0 radical (unpaired) electrons. The molecule has 5 heteroatoms. The minimum Gasteiger partial charge on any atom is -0.387 e. The van der Waals surface area contributed by atoms with E-state index >= 15 is 0 Å². The average Bonchev–Trinajstić information content (AvgIpc) is 2.39. The molecule has 0 aliphatic rings. The number of hydrogen-bond acceptors (Lipinski definition) is 2. The van der Waals surface area contributed by atoms with E-state index in [1.165, 1.54) is 18.2 Å². The van der Waals surface area contributed by atoms with Crippen molar-refractivity contribution in [3.63, 3.8) is 0 Å². The maximum Gasteiger partial charge on any atom is 0.125 e. The molecule has 0 heterocycles. The van der Waals surface area contributed by atoms with Crippen LogP contribution < -0.4 is 5.32 Å². The van der Waals surface area contributed by atoms with Gasteiger partial charge >= 0.3 is 0 Å². The van der Waals surface area contributed by atoms with Gasteiger partial charge in [-0.15, -0.1) is 0 Å². The Hall–Kier alpha value is -1.10. The average molecular weight is 345 g/mol. The van der Waals surface area contributed by atoms with E-state index in [0.29, 0.717) is 10.7 Å². The summed E-state index contributed by atoms with van der Waals surface area (Å²) in [4.78, 5) is 0. The number of rotatable bonds is 4. The van der Waals surface area contributed by atoms with Gasteiger partial charge in [0, 0.05) is 11.0 Å². The molecular weight excluding hydrogens is 333 g/mol. The number of aliphatic hydroxyl groups excluding tert-OH is 1. The van der Waals surface area contributed by atoms with Gasteiger partial charge in [-0.05, 0) is 35.9 Å². The largest absolute Gasteiger partial charge is 0.387 e. The Kier molecular flexibility index (Phi) is 4.80. The summed E-state index contributed by atoms with van der Waals surface area (Å²) < 4.78 is 14.0. The van der Waals surface area contributed by atoms with Crippen LogP contribution in [0.15, 0.2) is 46.9 Å². The number of hydrogen-bond donors (Lipinski definition) is 2. The van der Waals surface area contributed by atoms with Crippen LogP contribution >= 0.6 is 27.5 Å². The molecule has 2 aromatic rings. The number of anilines is 1. The quantitative estimate of drug-likeness (QED) is 0.862. The zero-order chi connectivity index (χ0) is 13.8. The molecule has 0 aliphatic carbocycles. The fraction of sp³-hybridized carbons (Fsp3) is 0.143. The summed E-state index contributed by atoms with van der Waals surface area (Å²) >= 11 is 9.28. The van der Waals surface area contributed by atoms with E-state index in [9.17, 15) is 9.50 Å². The molecule has 1 unspecified atom stereocenters. The van der Waals surface area contributed by atoms with E-state index in [0.717, 1.165) is 10.0 Å². The first-order valence-electron chi connectivity index (χ1n) is 5.69. The van der Waals surface area contributed by atoms with Crippen molar-refractivity contribution in [2.24, 2.45) is 0 Å². The Bertz CT molecular complexity index is 579. The molecule has 0 aliphatic heterocycles. The highest BCUT2D eigenvalue weighted by molar-refractivity contribution is 9.10. The molecule has 1 atom stereocenters. The van der Waals surface area contributed by atoms with Crippen LogP contribution in [0.25, 0.3) is 0 Å². The lowest BCUT2D eigenvalue weighted by atomic mass is 10.1. The van der Waals surface area contributed by atoms with Gasteiger partial charge in [-0.2, -0.15) is 0 Å². The third-order valence-corrected chi connectivity index (χ3v) is 3.47. The fourth-order valence-corrected chi connectivity index (χ4v) is 2.27. The summed E-state index contributed by atoms with van der Waals surface area (Å²) in [5.41, 5.74) is 1.24. The Labute approximate surface area is 124 Å². The molecular formula is C14H12BrClFNO. The van der Waals surface area contributed by atoms with E-state index in [-0.39, 0.29) is 12.4 Å². The van der Waals surface area contributed by atoms with Crippen LogP contribution in [0.1, 0.15) is 11.7 Å². The van der Waals surface area contributed by atoms with E-state index in [1.54, 1.807) is 0 Å². The Morgan fingerprint density at radius 3 is 2.79 bits per heavy atom. The van der Waals surface area contributed by atoms with Crippen molar-refractivity contribution in [2.75, 3.05) is 11.9 Å².